The molecule has 110 valence electrons. The number of methoxy groups -OCH3 is 1. The van der Waals surface area contributed by atoms with E-state index in [1.54, 1.807) is 19.9 Å². The number of nitriles is 1. The monoisotopic (exact) mass is 360 g/mol. The van der Waals surface area contributed by atoms with E-state index in [0.717, 1.165) is 0 Å². The average molecular weight is 361 g/mol. The lowest BCUT2D eigenvalue weighted by atomic mass is 10.3. The largest absolute Gasteiger partial charge is 0.496 e. The molecule has 7 heteroatoms. The maximum Gasteiger partial charge on any atom is 0.243 e. The van der Waals surface area contributed by atoms with Gasteiger partial charge in [0.05, 0.1) is 22.5 Å². The van der Waals surface area contributed by atoms with Gasteiger partial charge in [-0.1, -0.05) is 0 Å². The Hall–Kier alpha value is -1.10. The van der Waals surface area contributed by atoms with Crippen molar-refractivity contribution in [3.8, 4) is 11.8 Å². The van der Waals surface area contributed by atoms with Gasteiger partial charge in [0.15, 0.2) is 0 Å². The van der Waals surface area contributed by atoms with Gasteiger partial charge in [0.25, 0.3) is 0 Å². The first kappa shape index (κ1) is 17.0. The standard InChI is InChI=1S/C13H17BrN2O3S/c1-10(2)16(8-4-7-15)20(17,18)11-5-6-13(19-3)12(14)9-11/h5-6,9-10H,4,8H2,1-3H3. The third-order valence-corrected chi connectivity index (χ3v) is 5.44. The summed E-state index contributed by atoms with van der Waals surface area (Å²) in [7, 11) is -2.11. The summed E-state index contributed by atoms with van der Waals surface area (Å²) < 4.78 is 32.2. The summed E-state index contributed by atoms with van der Waals surface area (Å²) in [4.78, 5) is 0.178. The normalized spacial score (nSPS) is 11.7. The molecular formula is C13H17BrN2O3S. The quantitative estimate of drug-likeness (QED) is 0.781. The number of benzene rings is 1. The van der Waals surface area contributed by atoms with Gasteiger partial charge in [0.2, 0.25) is 10.0 Å². The van der Waals surface area contributed by atoms with Crippen LogP contribution in [0, 0.1) is 11.3 Å². The van der Waals surface area contributed by atoms with Gasteiger partial charge in [0, 0.05) is 19.0 Å². The van der Waals surface area contributed by atoms with E-state index in [1.807, 2.05) is 6.07 Å². The zero-order valence-corrected chi connectivity index (χ0v) is 14.0. The predicted octanol–water partition coefficient (Wildman–Crippen LogP) is 2.77. The van der Waals surface area contributed by atoms with E-state index in [9.17, 15) is 8.42 Å². The first-order valence-electron chi connectivity index (χ1n) is 6.07. The maximum atomic E-state index is 12.6. The molecule has 0 N–H and O–H groups in total. The van der Waals surface area contributed by atoms with Gasteiger partial charge in [0.1, 0.15) is 5.75 Å². The Bertz CT molecular complexity index is 609. The van der Waals surface area contributed by atoms with Crippen LogP contribution in [0.5, 0.6) is 5.75 Å². The molecule has 0 amide bonds. The summed E-state index contributed by atoms with van der Waals surface area (Å²) >= 11 is 3.28. The number of hydrogen-bond donors (Lipinski definition) is 0. The summed E-state index contributed by atoms with van der Waals surface area (Å²) in [5.74, 6) is 0.567. The van der Waals surface area contributed by atoms with E-state index in [1.165, 1.54) is 23.5 Å². The summed E-state index contributed by atoms with van der Waals surface area (Å²) in [6, 6.07) is 6.36. The molecule has 20 heavy (non-hydrogen) atoms. The van der Waals surface area contributed by atoms with Crippen molar-refractivity contribution in [3.63, 3.8) is 0 Å². The highest BCUT2D eigenvalue weighted by molar-refractivity contribution is 9.10. The van der Waals surface area contributed by atoms with Crippen molar-refractivity contribution < 1.29 is 13.2 Å². The predicted molar refractivity (Wildman–Crippen MR) is 80.0 cm³/mol. The van der Waals surface area contributed by atoms with E-state index >= 15 is 0 Å². The molecule has 0 radical (unpaired) electrons. The number of halogens is 1. The molecule has 5 nitrogen and oxygen atoms in total. The molecule has 0 fully saturated rings. The second-order valence-corrected chi connectivity index (χ2v) is 7.16. The fourth-order valence-corrected chi connectivity index (χ4v) is 4.12. The maximum absolute atomic E-state index is 12.6. The van der Waals surface area contributed by atoms with Crippen LogP contribution in [0.2, 0.25) is 0 Å². The van der Waals surface area contributed by atoms with Crippen LogP contribution in [0.1, 0.15) is 20.3 Å². The van der Waals surface area contributed by atoms with Crippen molar-refractivity contribution in [1.82, 2.24) is 4.31 Å². The fraction of sp³-hybridized carbons (Fsp3) is 0.462. The number of ether oxygens (including phenoxy) is 1. The van der Waals surface area contributed by atoms with Gasteiger partial charge in [-0.15, -0.1) is 0 Å². The minimum atomic E-state index is -3.62. The molecule has 0 aromatic heterocycles. The Morgan fingerprint density at radius 2 is 2.10 bits per heavy atom. The Labute approximate surface area is 128 Å². The highest BCUT2D eigenvalue weighted by atomic mass is 79.9. The topological polar surface area (TPSA) is 70.4 Å². The van der Waals surface area contributed by atoms with E-state index in [-0.39, 0.29) is 23.9 Å². The third kappa shape index (κ3) is 3.72. The van der Waals surface area contributed by atoms with Crippen molar-refractivity contribution in [3.05, 3.63) is 22.7 Å². The molecule has 0 spiro atoms. The smallest absolute Gasteiger partial charge is 0.243 e. The molecule has 1 aromatic rings. The van der Waals surface area contributed by atoms with Gasteiger partial charge in [-0.25, -0.2) is 8.42 Å². The fourth-order valence-electron chi connectivity index (χ4n) is 1.76. The van der Waals surface area contributed by atoms with Crippen LogP contribution in [0.4, 0.5) is 0 Å². The Balaban J connectivity index is 3.20. The van der Waals surface area contributed by atoms with Crippen molar-refractivity contribution in [1.29, 1.82) is 5.26 Å². The second kappa shape index (κ2) is 7.07. The Morgan fingerprint density at radius 1 is 1.45 bits per heavy atom. The molecule has 1 aromatic carbocycles. The van der Waals surface area contributed by atoms with Crippen LogP contribution in [0.25, 0.3) is 0 Å². The summed E-state index contributed by atoms with van der Waals surface area (Å²) in [5.41, 5.74) is 0. The Kier molecular flexibility index (Phi) is 5.99. The van der Waals surface area contributed by atoms with E-state index in [0.29, 0.717) is 10.2 Å². The lowest BCUT2D eigenvalue weighted by Crippen LogP contribution is -2.37. The zero-order chi connectivity index (χ0) is 15.3. The van der Waals surface area contributed by atoms with Gasteiger partial charge < -0.3 is 4.74 Å². The molecule has 0 saturated heterocycles. The molecule has 0 unspecified atom stereocenters. The first-order chi connectivity index (χ1) is 9.34. The van der Waals surface area contributed by atoms with Crippen molar-refractivity contribution in [2.45, 2.75) is 31.2 Å². The number of rotatable bonds is 6. The number of nitrogens with zero attached hydrogens (tertiary/aromatic N) is 2. The highest BCUT2D eigenvalue weighted by Gasteiger charge is 2.27. The number of sulfonamides is 1. The zero-order valence-electron chi connectivity index (χ0n) is 11.6. The lowest BCUT2D eigenvalue weighted by molar-refractivity contribution is 0.360. The first-order valence-corrected chi connectivity index (χ1v) is 8.30. The van der Waals surface area contributed by atoms with Gasteiger partial charge in [-0.3, -0.25) is 0 Å². The van der Waals surface area contributed by atoms with Crippen LogP contribution in [-0.2, 0) is 10.0 Å². The van der Waals surface area contributed by atoms with Crippen LogP contribution in [0.15, 0.2) is 27.6 Å². The van der Waals surface area contributed by atoms with Crippen molar-refractivity contribution in [2.24, 2.45) is 0 Å². The summed E-state index contributed by atoms with van der Waals surface area (Å²) in [6.07, 6.45) is 0.161. The average Bonchev–Trinajstić information content (AvgIpc) is 2.38. The lowest BCUT2D eigenvalue weighted by Gasteiger charge is -2.25. The van der Waals surface area contributed by atoms with Gasteiger partial charge in [-0.2, -0.15) is 9.57 Å². The molecule has 0 aliphatic carbocycles. The summed E-state index contributed by atoms with van der Waals surface area (Å²) in [5, 5.41) is 8.65. The molecule has 0 bridgehead atoms. The highest BCUT2D eigenvalue weighted by Crippen LogP contribution is 2.29. The van der Waals surface area contributed by atoms with Crippen LogP contribution >= 0.6 is 15.9 Å². The van der Waals surface area contributed by atoms with Crippen molar-refractivity contribution in [2.75, 3.05) is 13.7 Å². The van der Waals surface area contributed by atoms with E-state index in [2.05, 4.69) is 15.9 Å². The number of hydrogen-bond acceptors (Lipinski definition) is 4. The molecular weight excluding hydrogens is 344 g/mol. The SMILES string of the molecule is COc1ccc(S(=O)(=O)N(CCC#N)C(C)C)cc1Br. The van der Waals surface area contributed by atoms with E-state index in [4.69, 9.17) is 10.00 Å². The third-order valence-electron chi connectivity index (χ3n) is 2.75. The van der Waals surface area contributed by atoms with Crippen LogP contribution in [-0.4, -0.2) is 32.4 Å². The van der Waals surface area contributed by atoms with Gasteiger partial charge in [-0.05, 0) is 48.0 Å². The van der Waals surface area contributed by atoms with Crippen LogP contribution in [0.3, 0.4) is 0 Å². The van der Waals surface area contributed by atoms with Crippen LogP contribution < -0.4 is 4.74 Å². The summed E-state index contributed by atoms with van der Waals surface area (Å²) in [6.45, 7) is 3.75. The molecule has 0 saturated carbocycles. The minimum Gasteiger partial charge on any atom is -0.496 e. The molecule has 1 rings (SSSR count). The Morgan fingerprint density at radius 3 is 2.55 bits per heavy atom. The molecule has 0 atom stereocenters. The van der Waals surface area contributed by atoms with Crippen molar-refractivity contribution >= 4 is 26.0 Å². The second-order valence-electron chi connectivity index (χ2n) is 4.41. The molecule has 0 aliphatic rings. The minimum absolute atomic E-state index is 0.161. The van der Waals surface area contributed by atoms with E-state index < -0.39 is 10.0 Å². The van der Waals surface area contributed by atoms with Gasteiger partial charge >= 0.3 is 0 Å². The molecule has 0 aliphatic heterocycles. The molecule has 0 heterocycles.